The molecule has 0 aromatic heterocycles. The van der Waals surface area contributed by atoms with Crippen LogP contribution >= 0.6 is 11.8 Å². The summed E-state index contributed by atoms with van der Waals surface area (Å²) in [5, 5.41) is 10.6. The first-order chi connectivity index (χ1) is 11.6. The number of likely N-dealkylation sites (tertiary alicyclic amines) is 1. The Labute approximate surface area is 182 Å². The summed E-state index contributed by atoms with van der Waals surface area (Å²) in [6.45, 7) is 4.31. The average Bonchev–Trinajstić information content (AvgIpc) is 2.61. The van der Waals surface area contributed by atoms with Gasteiger partial charge in [-0.25, -0.2) is 0 Å². The van der Waals surface area contributed by atoms with Gasteiger partial charge in [0.15, 0.2) is 0 Å². The molecule has 1 heterocycles. The van der Waals surface area contributed by atoms with E-state index in [4.69, 9.17) is 0 Å². The molecule has 1 aliphatic carbocycles. The van der Waals surface area contributed by atoms with Gasteiger partial charge in [-0.3, -0.25) is 4.90 Å². The third kappa shape index (κ3) is 6.29. The van der Waals surface area contributed by atoms with Gasteiger partial charge in [-0.05, 0) is 43.7 Å². The molecule has 0 spiro atoms. The fourth-order valence-electron chi connectivity index (χ4n) is 4.38. The summed E-state index contributed by atoms with van der Waals surface area (Å²) in [5.74, 6) is 2.68. The largest absolute Gasteiger partial charge is 0.386 e. The summed E-state index contributed by atoms with van der Waals surface area (Å²) in [4.78, 5) is 3.79. The van der Waals surface area contributed by atoms with Gasteiger partial charge >= 0.3 is 0 Å². The molecular formula is C20H33N2OSY+. The minimum absolute atomic E-state index is 0. The summed E-state index contributed by atoms with van der Waals surface area (Å²) in [7, 11) is 0. The van der Waals surface area contributed by atoms with Crippen LogP contribution in [0.5, 0.6) is 0 Å². The van der Waals surface area contributed by atoms with E-state index in [-0.39, 0.29) is 44.9 Å². The number of aliphatic hydroxyl groups is 1. The molecule has 3 nitrogen and oxygen atoms in total. The maximum absolute atomic E-state index is 10.6. The number of thioether (sulfide) groups is 1. The van der Waals surface area contributed by atoms with Crippen LogP contribution in [-0.4, -0.2) is 47.0 Å². The number of rotatable bonds is 6. The quantitative estimate of drug-likeness (QED) is 0.672. The molecule has 1 saturated heterocycles. The van der Waals surface area contributed by atoms with Crippen LogP contribution in [0.25, 0.3) is 0 Å². The number of quaternary nitrogens is 1. The van der Waals surface area contributed by atoms with Crippen molar-refractivity contribution in [2.75, 3.05) is 18.8 Å². The molecule has 3 unspecified atom stereocenters. The number of hydrogen-bond acceptors (Lipinski definition) is 3. The van der Waals surface area contributed by atoms with E-state index >= 15 is 0 Å². The Kier molecular flexibility index (Phi) is 9.42. The molecule has 137 valence electrons. The van der Waals surface area contributed by atoms with Crippen molar-refractivity contribution in [3.05, 3.63) is 30.3 Å². The molecule has 1 radical (unpaired) electrons. The van der Waals surface area contributed by atoms with E-state index < -0.39 is 0 Å². The first kappa shape index (κ1) is 21.8. The second-order valence-corrected chi connectivity index (χ2v) is 8.89. The zero-order valence-corrected chi connectivity index (χ0v) is 19.2. The average molecular weight is 438 g/mol. The number of nitrogens with zero attached hydrogens (tertiary/aromatic N) is 1. The number of benzene rings is 1. The molecule has 5 atom stereocenters. The molecule has 2 aliphatic rings. The van der Waals surface area contributed by atoms with Crippen molar-refractivity contribution >= 4 is 11.8 Å². The van der Waals surface area contributed by atoms with E-state index in [0.29, 0.717) is 6.04 Å². The standard InChI is InChI=1S/C20H32N2OS.Y/c1-15-11-16-7-5-6-8-17(16)12-22(15)13-20(23)19(21)14-24-18-9-3-2-4-10-18;/h2-4,9-10,15-17,19-20,23H,5-8,11-14,21H2,1H3;/p+1/t15-,16?,17?,19+,20?;/m1./s1. The Morgan fingerprint density at radius 1 is 1.20 bits per heavy atom. The Hall–Kier alpha value is 0.554. The molecule has 2 fully saturated rings. The summed E-state index contributed by atoms with van der Waals surface area (Å²) in [5.41, 5.74) is 4.23. The van der Waals surface area contributed by atoms with Gasteiger partial charge in [0.1, 0.15) is 12.1 Å². The van der Waals surface area contributed by atoms with Crippen molar-refractivity contribution < 1.29 is 43.5 Å². The predicted molar refractivity (Wildman–Crippen MR) is 101 cm³/mol. The Morgan fingerprint density at radius 3 is 2.60 bits per heavy atom. The monoisotopic (exact) mass is 438 g/mol. The molecule has 1 saturated carbocycles. The van der Waals surface area contributed by atoms with E-state index in [2.05, 4.69) is 41.8 Å². The Balaban J connectivity index is 0.00000225. The zero-order chi connectivity index (χ0) is 16.9. The van der Waals surface area contributed by atoms with Crippen LogP contribution in [0.2, 0.25) is 0 Å². The molecule has 5 heteroatoms. The van der Waals surface area contributed by atoms with Crippen molar-refractivity contribution in [3.8, 4) is 0 Å². The number of aliphatic hydroxyl groups excluding tert-OH is 1. The van der Waals surface area contributed by atoms with Crippen LogP contribution in [0.3, 0.4) is 0 Å². The maximum Gasteiger partial charge on any atom is 0.121 e. The van der Waals surface area contributed by atoms with E-state index in [0.717, 1.165) is 24.1 Å². The zero-order valence-electron chi connectivity index (χ0n) is 15.5. The summed E-state index contributed by atoms with van der Waals surface area (Å²) in [6, 6.07) is 11.1. The first-order valence-corrected chi connectivity index (χ1v) is 10.5. The third-order valence-corrected chi connectivity index (χ3v) is 7.18. The van der Waals surface area contributed by atoms with Crippen molar-refractivity contribution in [1.82, 2.24) is 4.90 Å². The normalized spacial score (nSPS) is 29.3. The number of piperidine rings is 1. The van der Waals surface area contributed by atoms with Gasteiger partial charge in [0, 0.05) is 56.7 Å². The summed E-state index contributed by atoms with van der Waals surface area (Å²) in [6.07, 6.45) is 6.63. The van der Waals surface area contributed by atoms with E-state index in [1.54, 1.807) is 11.8 Å². The molecule has 1 aromatic rings. The third-order valence-electron chi connectivity index (χ3n) is 5.98. The minimum atomic E-state index is -0.330. The number of β-amino-alcohol motifs (C(OH)–C–C–N with tert-alkyl or cyclic N) is 1. The molecule has 3 rings (SSSR count). The van der Waals surface area contributed by atoms with Crippen LogP contribution in [-0.2, 0) is 32.7 Å². The molecular weight excluding hydrogens is 405 g/mol. The molecule has 0 amide bonds. The van der Waals surface area contributed by atoms with Crippen LogP contribution in [0, 0.1) is 11.8 Å². The maximum atomic E-state index is 10.6. The second kappa shape index (κ2) is 10.8. The Morgan fingerprint density at radius 2 is 1.88 bits per heavy atom. The van der Waals surface area contributed by atoms with Crippen molar-refractivity contribution in [1.29, 1.82) is 0 Å². The van der Waals surface area contributed by atoms with E-state index in [9.17, 15) is 5.11 Å². The van der Waals surface area contributed by atoms with Crippen LogP contribution in [0.4, 0.5) is 0 Å². The van der Waals surface area contributed by atoms with Gasteiger partial charge < -0.3 is 10.8 Å². The first-order valence-electron chi connectivity index (χ1n) is 9.56. The fourth-order valence-corrected chi connectivity index (χ4v) is 5.36. The predicted octanol–water partition coefficient (Wildman–Crippen LogP) is 2.65. The number of fused-ring (bicyclic) bond motifs is 1. The fraction of sp³-hybridized carbons (Fsp3) is 0.700. The second-order valence-electron chi connectivity index (χ2n) is 7.79. The number of hydrogen-bond donors (Lipinski definition) is 2. The van der Waals surface area contributed by atoms with Gasteiger partial charge in [0.2, 0.25) is 0 Å². The molecule has 0 bridgehead atoms. The van der Waals surface area contributed by atoms with Crippen LogP contribution in [0.1, 0.15) is 39.0 Å². The van der Waals surface area contributed by atoms with Crippen molar-refractivity contribution in [3.63, 3.8) is 0 Å². The molecule has 1 aliphatic heterocycles. The minimum Gasteiger partial charge on any atom is -0.386 e. The van der Waals surface area contributed by atoms with Crippen molar-refractivity contribution in [2.45, 2.75) is 62.1 Å². The van der Waals surface area contributed by atoms with Crippen LogP contribution < -0.4 is 5.73 Å². The van der Waals surface area contributed by atoms with Gasteiger partial charge in [-0.1, -0.05) is 37.5 Å². The van der Waals surface area contributed by atoms with Crippen LogP contribution in [0.15, 0.2) is 35.2 Å². The van der Waals surface area contributed by atoms with Gasteiger partial charge in [-0.15, -0.1) is 11.8 Å². The van der Waals surface area contributed by atoms with Gasteiger partial charge in [0.05, 0.1) is 5.75 Å². The van der Waals surface area contributed by atoms with E-state index in [1.165, 1.54) is 43.5 Å². The topological polar surface area (TPSA) is 51.1 Å². The van der Waals surface area contributed by atoms with E-state index in [1.807, 2.05) is 6.07 Å². The molecule has 4 N–H and O–H groups in total. The molecule has 25 heavy (non-hydrogen) atoms. The molecule has 1 aromatic carbocycles. The smallest absolute Gasteiger partial charge is 0.121 e. The Bertz CT molecular complexity index is 504. The van der Waals surface area contributed by atoms with Gasteiger partial charge in [-0.2, -0.15) is 0 Å². The van der Waals surface area contributed by atoms with Crippen molar-refractivity contribution in [2.24, 2.45) is 11.8 Å². The summed E-state index contributed by atoms with van der Waals surface area (Å²) < 4.78 is 0. The van der Waals surface area contributed by atoms with Gasteiger partial charge in [0.25, 0.3) is 0 Å². The summed E-state index contributed by atoms with van der Waals surface area (Å²) >= 11 is 1.80. The SMILES string of the molecule is C[C@@H]1CC2CCCCC2CN1CC(O)[C@@H]([NH3+])CSc1ccccc1.[Y].